The van der Waals surface area contributed by atoms with Crippen molar-refractivity contribution in [3.8, 4) is 0 Å². The van der Waals surface area contributed by atoms with E-state index in [9.17, 15) is 0 Å². The number of rotatable bonds is 2. The van der Waals surface area contributed by atoms with Crippen molar-refractivity contribution >= 4 is 17.9 Å². The number of hydrogen-bond acceptors (Lipinski definition) is 1. The van der Waals surface area contributed by atoms with E-state index in [1.165, 1.54) is 0 Å². The van der Waals surface area contributed by atoms with Gasteiger partial charge in [-0.1, -0.05) is 39.3 Å². The number of nitrogens with one attached hydrogen (secondary N) is 1. The van der Waals surface area contributed by atoms with Gasteiger partial charge in [0.05, 0.1) is 17.9 Å². The fourth-order valence-electron chi connectivity index (χ4n) is 0.667. The van der Waals surface area contributed by atoms with Crippen LogP contribution in [-0.4, -0.2) is 17.9 Å². The maximum Gasteiger partial charge on any atom is 0.0953 e. The van der Waals surface area contributed by atoms with Crippen LogP contribution in [0.4, 0.5) is 0 Å². The van der Waals surface area contributed by atoms with Crippen LogP contribution >= 0.6 is 0 Å². The van der Waals surface area contributed by atoms with E-state index in [1.54, 1.807) is 0 Å². The van der Waals surface area contributed by atoms with Gasteiger partial charge in [0.2, 0.25) is 0 Å². The molecule has 0 aromatic heterocycles. The van der Waals surface area contributed by atoms with Crippen LogP contribution < -0.4 is 4.65 Å². The lowest BCUT2D eigenvalue weighted by molar-refractivity contribution is 1.44. The van der Waals surface area contributed by atoms with Gasteiger partial charge in [0, 0.05) is 0 Å². The molecule has 0 radical (unpaired) electrons. The largest absolute Gasteiger partial charge is 0.365 e. The highest BCUT2D eigenvalue weighted by Crippen LogP contribution is 1.75. The van der Waals surface area contributed by atoms with Gasteiger partial charge in [-0.3, -0.25) is 0 Å². The Morgan fingerprint density at radius 3 is 1.20 bits per heavy atom. The molecule has 1 nitrogen and oxygen atoms in total. The minimum atomic E-state index is -0.417. The van der Waals surface area contributed by atoms with Crippen LogP contribution in [-0.2, 0) is 0 Å². The Labute approximate surface area is 68.2 Å². The Morgan fingerprint density at radius 2 is 1.20 bits per heavy atom. The molecule has 0 bridgehead atoms. The monoisotopic (exact) mass is 173 g/mol. The molecule has 0 aromatic carbocycles. The van der Waals surface area contributed by atoms with Crippen molar-refractivity contribution in [1.29, 1.82) is 0 Å². The Bertz CT molecular complexity index is 87.8. The number of hydrogen-bond donors (Lipinski definition) is 1. The molecule has 0 aliphatic heterocycles. The maximum atomic E-state index is 3.58. The highest BCUT2D eigenvalue weighted by molar-refractivity contribution is 6.70. The third kappa shape index (κ3) is 24.7. The van der Waals surface area contributed by atoms with Gasteiger partial charge in [0.25, 0.3) is 0 Å². The second-order valence-electron chi connectivity index (χ2n) is 2.73. The summed E-state index contributed by atoms with van der Waals surface area (Å²) >= 11 is 0. The molecule has 0 aliphatic rings. The topological polar surface area (TPSA) is 12.0 Å². The lowest BCUT2D eigenvalue weighted by atomic mass is 11.0. The molecule has 0 aliphatic carbocycles. The fourth-order valence-corrected chi connectivity index (χ4v) is 6.00. The van der Waals surface area contributed by atoms with Gasteiger partial charge in [-0.05, 0) is 0 Å². The first-order valence-electron chi connectivity index (χ1n) is 3.59. The quantitative estimate of drug-likeness (QED) is 0.493. The summed E-state index contributed by atoms with van der Waals surface area (Å²) in [6.45, 7) is 15.6. The van der Waals surface area contributed by atoms with Gasteiger partial charge >= 0.3 is 0 Å². The Hall–Kier alpha value is -0.0862. The molecule has 10 heavy (non-hydrogen) atoms. The smallest absolute Gasteiger partial charge is 0.0953 e. The van der Waals surface area contributed by atoms with Gasteiger partial charge in [-0.2, -0.15) is 0 Å². The summed E-state index contributed by atoms with van der Waals surface area (Å²) in [5, 5.41) is 0. The van der Waals surface area contributed by atoms with Crippen LogP contribution in [0.15, 0.2) is 18.9 Å². The Balaban J connectivity index is 0. The first-order valence-corrected chi connectivity index (χ1v) is 9.37. The molecular formula is C7H19NSi2. The molecule has 0 aromatic rings. The lowest BCUT2D eigenvalue weighted by Gasteiger charge is -2.07. The van der Waals surface area contributed by atoms with Crippen molar-refractivity contribution in [1.82, 2.24) is 4.65 Å². The molecule has 0 atom stereocenters. The first kappa shape index (κ1) is 12.6. The molecule has 1 N–H and O–H groups in total. The maximum absolute atomic E-state index is 3.58. The molecule has 60 valence electrons. The molecule has 0 spiro atoms. The van der Waals surface area contributed by atoms with Crippen molar-refractivity contribution in [2.24, 2.45) is 0 Å². The molecule has 0 saturated heterocycles. The van der Waals surface area contributed by atoms with Crippen LogP contribution in [0.25, 0.3) is 0 Å². The van der Waals surface area contributed by atoms with E-state index in [-0.39, 0.29) is 0 Å². The highest BCUT2D eigenvalue weighted by Gasteiger charge is 1.96. The van der Waals surface area contributed by atoms with Crippen LogP contribution in [0, 0.1) is 0 Å². The van der Waals surface area contributed by atoms with Crippen LogP contribution in [0.3, 0.4) is 0 Å². The van der Waals surface area contributed by atoms with Crippen LogP contribution in [0.1, 0.15) is 0 Å². The highest BCUT2D eigenvalue weighted by atomic mass is 28.3. The van der Waals surface area contributed by atoms with Crippen LogP contribution in [0.5, 0.6) is 0 Å². The lowest BCUT2D eigenvalue weighted by Crippen LogP contribution is -2.36. The fraction of sp³-hybridized carbons (Fsp3) is 0.571. The third-order valence-corrected chi connectivity index (χ3v) is 6.00. The second kappa shape index (κ2) is 8.91. The second-order valence-corrected chi connectivity index (χ2v) is 8.68. The van der Waals surface area contributed by atoms with E-state index < -0.39 is 17.9 Å². The summed E-state index contributed by atoms with van der Waals surface area (Å²) < 4.78 is 3.58. The minimum absolute atomic E-state index is 0.417. The zero-order chi connectivity index (χ0) is 8.57. The van der Waals surface area contributed by atoms with Gasteiger partial charge < -0.3 is 4.65 Å². The van der Waals surface area contributed by atoms with E-state index in [2.05, 4.69) is 49.7 Å². The molecule has 0 amide bonds. The van der Waals surface area contributed by atoms with Gasteiger partial charge in [-0.25, -0.2) is 0 Å². The third-order valence-electron chi connectivity index (χ3n) is 0.667. The molecule has 0 saturated carbocycles. The van der Waals surface area contributed by atoms with Gasteiger partial charge in [-0.15, -0.1) is 5.73 Å². The molecule has 0 unspecified atom stereocenters. The Morgan fingerprint density at radius 1 is 1.00 bits per heavy atom. The first-order chi connectivity index (χ1) is 4.54. The predicted octanol–water partition coefficient (Wildman–Crippen LogP) is 1.50. The Kier molecular flexibility index (Phi) is 11.2. The summed E-state index contributed by atoms with van der Waals surface area (Å²) in [6.07, 6.45) is 0. The SMILES string of the molecule is C=C=C.C[SiH](C)N[SiH](C)C. The summed E-state index contributed by atoms with van der Waals surface area (Å²) in [4.78, 5) is 0. The molecule has 3 heteroatoms. The summed E-state index contributed by atoms with van der Waals surface area (Å²) in [5.41, 5.74) is 2.25. The van der Waals surface area contributed by atoms with Gasteiger partial charge in [0.1, 0.15) is 0 Å². The van der Waals surface area contributed by atoms with Crippen molar-refractivity contribution in [2.45, 2.75) is 26.2 Å². The van der Waals surface area contributed by atoms with E-state index >= 15 is 0 Å². The van der Waals surface area contributed by atoms with Crippen molar-refractivity contribution in [3.63, 3.8) is 0 Å². The van der Waals surface area contributed by atoms with E-state index in [4.69, 9.17) is 0 Å². The van der Waals surface area contributed by atoms with Gasteiger partial charge in [0.15, 0.2) is 0 Å². The van der Waals surface area contributed by atoms with Crippen LogP contribution in [0.2, 0.25) is 26.2 Å². The van der Waals surface area contributed by atoms with Crippen molar-refractivity contribution < 1.29 is 0 Å². The summed E-state index contributed by atoms with van der Waals surface area (Å²) in [6, 6.07) is 0. The molecule has 0 rings (SSSR count). The van der Waals surface area contributed by atoms with Crippen molar-refractivity contribution in [3.05, 3.63) is 18.9 Å². The zero-order valence-corrected chi connectivity index (χ0v) is 9.88. The van der Waals surface area contributed by atoms with E-state index in [1.807, 2.05) is 0 Å². The van der Waals surface area contributed by atoms with Crippen molar-refractivity contribution in [2.75, 3.05) is 0 Å². The molecular weight excluding hydrogens is 154 g/mol. The zero-order valence-electron chi connectivity index (χ0n) is 7.57. The average molecular weight is 173 g/mol. The predicted molar refractivity (Wildman–Crippen MR) is 55.7 cm³/mol. The minimum Gasteiger partial charge on any atom is -0.365 e. The normalized spacial score (nSPS) is 8.60. The standard InChI is InChI=1S/C4H15NSi2.C3H4/c1-6(2)5-7(3)4;1-3-2/h5-7H,1-4H3;1-2H2. The summed E-state index contributed by atoms with van der Waals surface area (Å²) in [7, 11) is -0.833. The average Bonchev–Trinajstić information content (AvgIpc) is 1.62. The van der Waals surface area contributed by atoms with E-state index in [0.717, 1.165) is 0 Å². The molecule has 0 fully saturated rings. The summed E-state index contributed by atoms with van der Waals surface area (Å²) in [5.74, 6) is 0. The molecule has 0 heterocycles. The van der Waals surface area contributed by atoms with E-state index in [0.29, 0.717) is 0 Å².